The summed E-state index contributed by atoms with van der Waals surface area (Å²) in [6.45, 7) is 3.72. The summed E-state index contributed by atoms with van der Waals surface area (Å²) in [5.41, 5.74) is 2.14. The molecule has 1 aromatic heterocycles. The van der Waals surface area contributed by atoms with Crippen LogP contribution in [-0.2, 0) is 4.79 Å². The van der Waals surface area contributed by atoms with Gasteiger partial charge in [-0.2, -0.15) is 0 Å². The third-order valence-corrected chi connectivity index (χ3v) is 5.81. The van der Waals surface area contributed by atoms with E-state index in [-0.39, 0.29) is 11.8 Å². The Bertz CT molecular complexity index is 1370. The quantitative estimate of drug-likeness (QED) is 0.371. The average Bonchev–Trinajstić information content (AvgIpc) is 3.23. The molecule has 0 aliphatic heterocycles. The van der Waals surface area contributed by atoms with Crippen LogP contribution in [0.3, 0.4) is 0 Å². The minimum Gasteiger partial charge on any atom is -0.497 e. The lowest BCUT2D eigenvalue weighted by Gasteiger charge is -2.22. The minimum absolute atomic E-state index is 0.188. The Morgan fingerprint density at radius 2 is 1.51 bits per heavy atom. The van der Waals surface area contributed by atoms with E-state index in [0.29, 0.717) is 34.1 Å². The molecule has 0 saturated carbocycles. The molecule has 2 N–H and O–H groups in total. The fraction of sp³-hybridized carbons (Fsp3) is 0.259. The molecule has 8 nitrogen and oxygen atoms in total. The van der Waals surface area contributed by atoms with Crippen LogP contribution in [0, 0.1) is 5.92 Å². The number of nitrogens with one attached hydrogen (secondary N) is 2. The first-order valence-electron chi connectivity index (χ1n) is 11.2. The van der Waals surface area contributed by atoms with Crippen molar-refractivity contribution in [3.63, 3.8) is 0 Å². The second kappa shape index (κ2) is 9.97. The Morgan fingerprint density at radius 3 is 2.14 bits per heavy atom. The van der Waals surface area contributed by atoms with E-state index in [4.69, 9.17) is 18.6 Å². The van der Waals surface area contributed by atoms with E-state index in [2.05, 4.69) is 10.6 Å². The molecule has 0 radical (unpaired) electrons. The summed E-state index contributed by atoms with van der Waals surface area (Å²) in [4.78, 5) is 26.3. The van der Waals surface area contributed by atoms with Crippen molar-refractivity contribution in [2.45, 2.75) is 19.9 Å². The van der Waals surface area contributed by atoms with Crippen molar-refractivity contribution < 1.29 is 28.2 Å². The molecule has 4 rings (SSSR count). The number of benzene rings is 3. The zero-order chi connectivity index (χ0) is 25.1. The lowest BCUT2D eigenvalue weighted by Crippen LogP contribution is -2.47. The summed E-state index contributed by atoms with van der Waals surface area (Å²) >= 11 is 0. The maximum Gasteiger partial charge on any atom is 0.252 e. The summed E-state index contributed by atoms with van der Waals surface area (Å²) in [7, 11) is 4.55. The Kier molecular flexibility index (Phi) is 6.82. The molecule has 0 unspecified atom stereocenters. The minimum atomic E-state index is -0.809. The Hall–Kier alpha value is -4.20. The smallest absolute Gasteiger partial charge is 0.252 e. The van der Waals surface area contributed by atoms with Gasteiger partial charge in [0.15, 0.2) is 0 Å². The number of hydrogen-bond donors (Lipinski definition) is 2. The summed E-state index contributed by atoms with van der Waals surface area (Å²) < 4.78 is 22.0. The van der Waals surface area contributed by atoms with Gasteiger partial charge in [0.05, 0.1) is 27.0 Å². The van der Waals surface area contributed by atoms with E-state index in [0.717, 1.165) is 16.4 Å². The number of rotatable bonds is 8. The number of furan rings is 1. The molecule has 4 aromatic rings. The first-order valence-corrected chi connectivity index (χ1v) is 11.2. The number of amides is 2. The van der Waals surface area contributed by atoms with Gasteiger partial charge in [-0.3, -0.25) is 9.59 Å². The largest absolute Gasteiger partial charge is 0.497 e. The summed E-state index contributed by atoms with van der Waals surface area (Å²) in [6.07, 6.45) is 0. The van der Waals surface area contributed by atoms with Gasteiger partial charge in [0, 0.05) is 28.5 Å². The molecule has 0 bridgehead atoms. The average molecular weight is 477 g/mol. The second-order valence-corrected chi connectivity index (χ2v) is 8.43. The highest BCUT2D eigenvalue weighted by Crippen LogP contribution is 2.36. The molecule has 2 amide bonds. The van der Waals surface area contributed by atoms with Crippen LogP contribution in [0.5, 0.6) is 17.2 Å². The topological polar surface area (TPSA) is 99.0 Å². The van der Waals surface area contributed by atoms with E-state index in [1.165, 1.54) is 21.3 Å². The highest BCUT2D eigenvalue weighted by atomic mass is 16.5. The maximum atomic E-state index is 13.3. The predicted octanol–water partition coefficient (Wildman–Crippen LogP) is 5.00. The van der Waals surface area contributed by atoms with Crippen LogP contribution in [0.4, 0.5) is 5.69 Å². The van der Waals surface area contributed by atoms with E-state index >= 15 is 0 Å². The fourth-order valence-corrected chi connectivity index (χ4v) is 3.93. The number of hydrogen-bond acceptors (Lipinski definition) is 6. The molecule has 0 aliphatic carbocycles. The zero-order valence-electron chi connectivity index (χ0n) is 20.3. The molecule has 3 aromatic carbocycles. The third kappa shape index (κ3) is 4.87. The first kappa shape index (κ1) is 23.9. The number of carbonyl (C=O) groups excluding carboxylic acids is 2. The molecular formula is C27H28N2O6. The van der Waals surface area contributed by atoms with Crippen molar-refractivity contribution >= 4 is 39.4 Å². The van der Waals surface area contributed by atoms with Crippen molar-refractivity contribution in [1.82, 2.24) is 5.32 Å². The van der Waals surface area contributed by atoms with Crippen molar-refractivity contribution in [3.8, 4) is 17.2 Å². The molecule has 35 heavy (non-hydrogen) atoms. The Labute approximate surface area is 203 Å². The molecule has 0 spiro atoms. The van der Waals surface area contributed by atoms with E-state index in [9.17, 15) is 9.59 Å². The maximum absolute atomic E-state index is 13.3. The van der Waals surface area contributed by atoms with Crippen LogP contribution >= 0.6 is 0 Å². The summed E-state index contributed by atoms with van der Waals surface area (Å²) in [5.74, 6) is 0.455. The van der Waals surface area contributed by atoms with Gasteiger partial charge in [-0.1, -0.05) is 32.0 Å². The summed E-state index contributed by atoms with van der Waals surface area (Å²) in [5, 5.41) is 7.56. The molecule has 0 fully saturated rings. The molecule has 182 valence electrons. The van der Waals surface area contributed by atoms with Crippen LogP contribution in [0.2, 0.25) is 0 Å². The van der Waals surface area contributed by atoms with Gasteiger partial charge < -0.3 is 29.3 Å². The van der Waals surface area contributed by atoms with Gasteiger partial charge in [-0.05, 0) is 30.2 Å². The van der Waals surface area contributed by atoms with Gasteiger partial charge in [0.2, 0.25) is 5.91 Å². The third-order valence-electron chi connectivity index (χ3n) is 5.81. The van der Waals surface area contributed by atoms with Gasteiger partial charge in [0.25, 0.3) is 5.91 Å². The van der Waals surface area contributed by atoms with Gasteiger partial charge in [-0.25, -0.2) is 0 Å². The molecule has 1 atom stereocenters. The molecule has 8 heteroatoms. The van der Waals surface area contributed by atoms with Crippen molar-refractivity contribution in [2.75, 3.05) is 26.6 Å². The standard InChI is InChI=1S/C27H28N2O6/c1-15(2)25(29-26(30)16-10-17(32-3)12-18(11-16)33-4)27(31)28-21-14-23-20(13-24(21)34-5)19-8-6-7-9-22(19)35-23/h6-15,25H,1-5H3,(H,28,31)(H,29,30)/t25-/m1/s1. The Morgan fingerprint density at radius 1 is 0.829 bits per heavy atom. The van der Waals surface area contributed by atoms with Crippen LogP contribution in [0.1, 0.15) is 24.2 Å². The second-order valence-electron chi connectivity index (χ2n) is 8.43. The lowest BCUT2D eigenvalue weighted by atomic mass is 10.0. The first-order chi connectivity index (χ1) is 16.8. The zero-order valence-corrected chi connectivity index (χ0v) is 20.3. The van der Waals surface area contributed by atoms with Gasteiger partial charge in [-0.15, -0.1) is 0 Å². The van der Waals surface area contributed by atoms with E-state index in [1.807, 2.05) is 44.2 Å². The number of ether oxygens (including phenoxy) is 3. The number of carbonyl (C=O) groups is 2. The number of para-hydroxylation sites is 1. The van der Waals surface area contributed by atoms with Crippen molar-refractivity contribution in [3.05, 3.63) is 60.2 Å². The van der Waals surface area contributed by atoms with Gasteiger partial charge in [0.1, 0.15) is 34.5 Å². The van der Waals surface area contributed by atoms with E-state index in [1.54, 1.807) is 24.3 Å². The fourth-order valence-electron chi connectivity index (χ4n) is 3.93. The van der Waals surface area contributed by atoms with E-state index < -0.39 is 11.9 Å². The predicted molar refractivity (Wildman–Crippen MR) is 135 cm³/mol. The molecule has 0 aliphatic rings. The van der Waals surface area contributed by atoms with Crippen molar-refractivity contribution in [2.24, 2.45) is 5.92 Å². The number of fused-ring (bicyclic) bond motifs is 3. The highest BCUT2D eigenvalue weighted by molar-refractivity contribution is 6.08. The highest BCUT2D eigenvalue weighted by Gasteiger charge is 2.26. The lowest BCUT2D eigenvalue weighted by molar-refractivity contribution is -0.118. The van der Waals surface area contributed by atoms with Gasteiger partial charge >= 0.3 is 0 Å². The van der Waals surface area contributed by atoms with Crippen LogP contribution in [-0.4, -0.2) is 39.2 Å². The SMILES string of the molecule is COc1cc(OC)cc(C(=O)N[C@@H](C(=O)Nc2cc3oc4ccccc4c3cc2OC)C(C)C)c1. The molecule has 1 heterocycles. The van der Waals surface area contributed by atoms with Crippen molar-refractivity contribution in [1.29, 1.82) is 0 Å². The monoisotopic (exact) mass is 476 g/mol. The number of anilines is 1. The number of methoxy groups -OCH3 is 3. The van der Waals surface area contributed by atoms with Crippen LogP contribution in [0.25, 0.3) is 21.9 Å². The van der Waals surface area contributed by atoms with Crippen LogP contribution < -0.4 is 24.8 Å². The molecule has 0 saturated heterocycles. The van der Waals surface area contributed by atoms with Crippen LogP contribution in [0.15, 0.2) is 59.0 Å². The molecular weight excluding hydrogens is 448 g/mol. The normalized spacial score (nSPS) is 11.9. The summed E-state index contributed by atoms with van der Waals surface area (Å²) in [6, 6.07) is 15.3. The Balaban J connectivity index is 1.60.